The van der Waals surface area contributed by atoms with Gasteiger partial charge in [-0.1, -0.05) is 15.9 Å². The molecule has 0 aliphatic carbocycles. The van der Waals surface area contributed by atoms with Gasteiger partial charge in [0.05, 0.1) is 0 Å². The smallest absolute Gasteiger partial charge is 0.109 e. The van der Waals surface area contributed by atoms with Crippen LogP contribution in [-0.4, -0.2) is 38.9 Å². The van der Waals surface area contributed by atoms with Crippen LogP contribution in [0.4, 0.5) is 0 Å². The predicted molar refractivity (Wildman–Crippen MR) is 65.3 cm³/mol. The van der Waals surface area contributed by atoms with Crippen molar-refractivity contribution >= 4 is 15.9 Å². The maximum Gasteiger partial charge on any atom is 0.109 e. The van der Waals surface area contributed by atoms with Crippen molar-refractivity contribution in [3.63, 3.8) is 0 Å². The molecular weight excluding hydrogens is 254 g/mol. The SMILES string of the molecule is Cn1ccnc1CCN1CCCC1CBr. The van der Waals surface area contributed by atoms with E-state index in [1.807, 2.05) is 12.4 Å². The molecule has 2 rings (SSSR count). The Hall–Kier alpha value is -0.350. The summed E-state index contributed by atoms with van der Waals surface area (Å²) in [5.74, 6) is 1.19. The number of alkyl halides is 1. The Bertz CT molecular complexity index is 311. The number of rotatable bonds is 4. The number of hydrogen-bond donors (Lipinski definition) is 0. The number of likely N-dealkylation sites (tertiary alicyclic amines) is 1. The Balaban J connectivity index is 1.85. The first kappa shape index (κ1) is 11.1. The van der Waals surface area contributed by atoms with Crippen LogP contribution in [0.25, 0.3) is 0 Å². The highest BCUT2D eigenvalue weighted by atomic mass is 79.9. The third kappa shape index (κ3) is 2.61. The average Bonchev–Trinajstić information content (AvgIpc) is 2.83. The van der Waals surface area contributed by atoms with Crippen LogP contribution in [0.1, 0.15) is 18.7 Å². The Morgan fingerprint density at radius 3 is 3.13 bits per heavy atom. The Morgan fingerprint density at radius 1 is 1.60 bits per heavy atom. The van der Waals surface area contributed by atoms with Gasteiger partial charge in [0.2, 0.25) is 0 Å². The number of imidazole rings is 1. The Morgan fingerprint density at radius 2 is 2.47 bits per heavy atom. The van der Waals surface area contributed by atoms with Crippen LogP contribution in [0.15, 0.2) is 12.4 Å². The van der Waals surface area contributed by atoms with Gasteiger partial charge in [0.15, 0.2) is 0 Å². The number of aryl methyl sites for hydroxylation is 1. The first-order valence-electron chi connectivity index (χ1n) is 5.57. The number of halogens is 1. The van der Waals surface area contributed by atoms with Gasteiger partial charge in [0, 0.05) is 43.8 Å². The molecule has 0 amide bonds. The highest BCUT2D eigenvalue weighted by Crippen LogP contribution is 2.18. The third-order valence-electron chi connectivity index (χ3n) is 3.22. The number of nitrogens with zero attached hydrogens (tertiary/aromatic N) is 3. The van der Waals surface area contributed by atoms with Crippen molar-refractivity contribution in [3.05, 3.63) is 18.2 Å². The molecule has 1 aliphatic heterocycles. The van der Waals surface area contributed by atoms with E-state index in [-0.39, 0.29) is 0 Å². The summed E-state index contributed by atoms with van der Waals surface area (Å²) in [6.45, 7) is 2.39. The fourth-order valence-electron chi connectivity index (χ4n) is 2.25. The van der Waals surface area contributed by atoms with Gasteiger partial charge in [-0.15, -0.1) is 0 Å². The van der Waals surface area contributed by atoms with Gasteiger partial charge in [0.1, 0.15) is 5.82 Å². The molecule has 0 spiro atoms. The first-order valence-corrected chi connectivity index (χ1v) is 6.69. The molecule has 0 radical (unpaired) electrons. The third-order valence-corrected chi connectivity index (χ3v) is 3.97. The molecule has 15 heavy (non-hydrogen) atoms. The van der Waals surface area contributed by atoms with Crippen molar-refractivity contribution in [1.82, 2.24) is 14.5 Å². The molecule has 2 heterocycles. The summed E-state index contributed by atoms with van der Waals surface area (Å²) in [6.07, 6.45) is 7.64. The lowest BCUT2D eigenvalue weighted by Gasteiger charge is -2.22. The zero-order chi connectivity index (χ0) is 10.7. The van der Waals surface area contributed by atoms with Crippen molar-refractivity contribution in [2.75, 3.05) is 18.4 Å². The topological polar surface area (TPSA) is 21.1 Å². The lowest BCUT2D eigenvalue weighted by Crippen LogP contribution is -2.32. The normalized spacial score (nSPS) is 22.4. The molecule has 0 saturated carbocycles. The quantitative estimate of drug-likeness (QED) is 0.780. The van der Waals surface area contributed by atoms with Crippen molar-refractivity contribution in [2.24, 2.45) is 7.05 Å². The maximum absolute atomic E-state index is 4.35. The van der Waals surface area contributed by atoms with E-state index in [0.717, 1.165) is 24.3 Å². The van der Waals surface area contributed by atoms with E-state index < -0.39 is 0 Å². The van der Waals surface area contributed by atoms with E-state index in [1.54, 1.807) is 0 Å². The molecule has 1 fully saturated rings. The second-order valence-electron chi connectivity index (χ2n) is 4.19. The van der Waals surface area contributed by atoms with Crippen LogP contribution in [0, 0.1) is 0 Å². The summed E-state index contributed by atoms with van der Waals surface area (Å²) in [4.78, 5) is 6.93. The molecule has 1 unspecified atom stereocenters. The summed E-state index contributed by atoms with van der Waals surface area (Å²) in [5, 5.41) is 1.10. The van der Waals surface area contributed by atoms with Crippen LogP contribution in [0.5, 0.6) is 0 Å². The van der Waals surface area contributed by atoms with Crippen LogP contribution < -0.4 is 0 Å². The van der Waals surface area contributed by atoms with Crippen molar-refractivity contribution in [2.45, 2.75) is 25.3 Å². The Kier molecular flexibility index (Phi) is 3.81. The highest BCUT2D eigenvalue weighted by Gasteiger charge is 2.22. The molecule has 3 nitrogen and oxygen atoms in total. The summed E-state index contributed by atoms with van der Waals surface area (Å²) >= 11 is 3.59. The molecule has 1 atom stereocenters. The van der Waals surface area contributed by atoms with Crippen molar-refractivity contribution < 1.29 is 0 Å². The fourth-order valence-corrected chi connectivity index (χ4v) is 2.98. The van der Waals surface area contributed by atoms with E-state index >= 15 is 0 Å². The molecule has 1 aromatic rings. The number of hydrogen-bond acceptors (Lipinski definition) is 2. The number of aromatic nitrogens is 2. The van der Waals surface area contributed by atoms with E-state index in [2.05, 4.69) is 37.4 Å². The van der Waals surface area contributed by atoms with E-state index in [1.165, 1.54) is 25.2 Å². The summed E-state index contributed by atoms with van der Waals surface area (Å²) in [7, 11) is 2.06. The molecule has 1 aliphatic rings. The predicted octanol–water partition coefficient (Wildman–Crippen LogP) is 1.82. The van der Waals surface area contributed by atoms with Gasteiger partial charge >= 0.3 is 0 Å². The molecule has 1 saturated heterocycles. The molecule has 84 valence electrons. The summed E-state index contributed by atoms with van der Waals surface area (Å²) in [6, 6.07) is 0.741. The van der Waals surface area contributed by atoms with Gasteiger partial charge < -0.3 is 4.57 Å². The second-order valence-corrected chi connectivity index (χ2v) is 4.84. The molecular formula is C11H18BrN3. The Labute approximate surface area is 99.6 Å². The summed E-state index contributed by atoms with van der Waals surface area (Å²) < 4.78 is 2.11. The highest BCUT2D eigenvalue weighted by molar-refractivity contribution is 9.09. The second kappa shape index (κ2) is 5.12. The zero-order valence-electron chi connectivity index (χ0n) is 9.19. The van der Waals surface area contributed by atoms with Crippen LogP contribution in [0.3, 0.4) is 0 Å². The molecule has 0 aromatic carbocycles. The fraction of sp³-hybridized carbons (Fsp3) is 0.727. The van der Waals surface area contributed by atoms with Gasteiger partial charge in [-0.05, 0) is 19.4 Å². The monoisotopic (exact) mass is 271 g/mol. The molecule has 1 aromatic heterocycles. The van der Waals surface area contributed by atoms with Gasteiger partial charge in [0.25, 0.3) is 0 Å². The maximum atomic E-state index is 4.35. The van der Waals surface area contributed by atoms with Crippen molar-refractivity contribution in [3.8, 4) is 0 Å². The lowest BCUT2D eigenvalue weighted by atomic mass is 10.2. The standard InChI is InChI=1S/C11H18BrN3/c1-14-8-5-13-11(14)4-7-15-6-2-3-10(15)9-12/h5,8,10H,2-4,6-7,9H2,1H3. The molecule has 4 heteroatoms. The summed E-state index contributed by atoms with van der Waals surface area (Å²) in [5.41, 5.74) is 0. The average molecular weight is 272 g/mol. The van der Waals surface area contributed by atoms with Gasteiger partial charge in [-0.2, -0.15) is 0 Å². The lowest BCUT2D eigenvalue weighted by molar-refractivity contribution is 0.274. The zero-order valence-corrected chi connectivity index (χ0v) is 10.8. The van der Waals surface area contributed by atoms with E-state index in [9.17, 15) is 0 Å². The minimum Gasteiger partial charge on any atom is -0.338 e. The van der Waals surface area contributed by atoms with Crippen molar-refractivity contribution in [1.29, 1.82) is 0 Å². The molecule has 0 N–H and O–H groups in total. The van der Waals surface area contributed by atoms with Crippen LogP contribution in [-0.2, 0) is 13.5 Å². The van der Waals surface area contributed by atoms with Crippen LogP contribution in [0.2, 0.25) is 0 Å². The first-order chi connectivity index (χ1) is 7.31. The molecule has 0 bridgehead atoms. The van der Waals surface area contributed by atoms with Gasteiger partial charge in [-0.3, -0.25) is 4.90 Å². The minimum absolute atomic E-state index is 0.741. The minimum atomic E-state index is 0.741. The van der Waals surface area contributed by atoms with Gasteiger partial charge in [-0.25, -0.2) is 4.98 Å². The van der Waals surface area contributed by atoms with E-state index in [4.69, 9.17) is 0 Å². The van der Waals surface area contributed by atoms with Crippen LogP contribution >= 0.6 is 15.9 Å². The van der Waals surface area contributed by atoms with E-state index in [0.29, 0.717) is 0 Å². The largest absolute Gasteiger partial charge is 0.338 e.